The Morgan fingerprint density at radius 2 is 1.86 bits per heavy atom. The van der Waals surface area contributed by atoms with Crippen molar-refractivity contribution in [3.05, 3.63) is 65.2 Å². The molecule has 2 amide bonds. The number of aliphatic imine (C=N–C) groups is 1. The van der Waals surface area contributed by atoms with E-state index in [1.807, 2.05) is 49.4 Å². The lowest BCUT2D eigenvalue weighted by atomic mass is 9.89. The van der Waals surface area contributed by atoms with E-state index in [2.05, 4.69) is 16.8 Å². The molecule has 2 aromatic rings. The van der Waals surface area contributed by atoms with E-state index in [9.17, 15) is 9.59 Å². The van der Waals surface area contributed by atoms with Crippen LogP contribution in [-0.2, 0) is 4.79 Å². The maximum absolute atomic E-state index is 13.3. The highest BCUT2D eigenvalue weighted by atomic mass is 16.2. The van der Waals surface area contributed by atoms with Gasteiger partial charge in [-0.3, -0.25) is 19.5 Å². The van der Waals surface area contributed by atoms with E-state index in [0.29, 0.717) is 23.8 Å². The second kappa shape index (κ2) is 8.29. The number of carbonyl (C=O) groups is 2. The van der Waals surface area contributed by atoms with Crippen molar-refractivity contribution >= 4 is 23.7 Å². The third-order valence-corrected chi connectivity index (χ3v) is 5.98. The van der Waals surface area contributed by atoms with Crippen LogP contribution in [0.4, 0.5) is 5.69 Å². The quantitative estimate of drug-likeness (QED) is 0.577. The predicted octanol–water partition coefficient (Wildman–Crippen LogP) is 3.82. The van der Waals surface area contributed by atoms with Crippen molar-refractivity contribution in [3.63, 3.8) is 0 Å². The summed E-state index contributed by atoms with van der Waals surface area (Å²) in [5.41, 5.74) is 3.00. The van der Waals surface area contributed by atoms with Crippen LogP contribution in [0.2, 0.25) is 0 Å². The largest absolute Gasteiger partial charge is 0.299 e. The molecule has 5 heteroatoms. The third-order valence-electron chi connectivity index (χ3n) is 5.98. The molecule has 5 nitrogen and oxygen atoms in total. The number of likely N-dealkylation sites (tertiary alicyclic amines) is 1. The van der Waals surface area contributed by atoms with Crippen LogP contribution >= 0.6 is 0 Å². The van der Waals surface area contributed by atoms with Gasteiger partial charge in [-0.2, -0.15) is 0 Å². The number of likely N-dealkylation sites (N-methyl/N-ethyl adjacent to an activating group) is 1. The van der Waals surface area contributed by atoms with E-state index < -0.39 is 5.92 Å². The van der Waals surface area contributed by atoms with E-state index in [1.54, 1.807) is 12.3 Å². The van der Waals surface area contributed by atoms with Crippen molar-refractivity contribution in [2.75, 3.05) is 24.5 Å². The number of aryl methyl sites for hydroxylation is 1. The number of rotatable bonds is 5. The minimum Gasteiger partial charge on any atom is -0.299 e. The number of nitrogens with zero attached hydrogens (tertiary/aromatic N) is 3. The maximum Gasteiger partial charge on any atom is 0.265 e. The van der Waals surface area contributed by atoms with Crippen LogP contribution in [0.1, 0.15) is 47.2 Å². The maximum atomic E-state index is 13.3. The average molecular weight is 389 g/mol. The molecular weight excluding hydrogens is 362 g/mol. The third kappa shape index (κ3) is 3.75. The van der Waals surface area contributed by atoms with Gasteiger partial charge in [0.15, 0.2) is 0 Å². The van der Waals surface area contributed by atoms with Crippen molar-refractivity contribution in [1.29, 1.82) is 0 Å². The van der Waals surface area contributed by atoms with E-state index in [0.717, 1.165) is 30.6 Å². The van der Waals surface area contributed by atoms with E-state index in [4.69, 9.17) is 0 Å². The van der Waals surface area contributed by atoms with Crippen LogP contribution in [0.5, 0.6) is 0 Å². The Balaban J connectivity index is 1.64. The molecule has 150 valence electrons. The number of amides is 2. The summed E-state index contributed by atoms with van der Waals surface area (Å²) in [6.45, 7) is 7.00. The summed E-state index contributed by atoms with van der Waals surface area (Å²) < 4.78 is 0. The predicted molar refractivity (Wildman–Crippen MR) is 116 cm³/mol. The summed E-state index contributed by atoms with van der Waals surface area (Å²) in [7, 11) is 0. The first-order valence-corrected chi connectivity index (χ1v) is 10.4. The molecule has 29 heavy (non-hydrogen) atoms. The van der Waals surface area contributed by atoms with Gasteiger partial charge in [0, 0.05) is 17.8 Å². The van der Waals surface area contributed by atoms with Gasteiger partial charge in [-0.1, -0.05) is 42.8 Å². The van der Waals surface area contributed by atoms with E-state index in [-0.39, 0.29) is 11.8 Å². The van der Waals surface area contributed by atoms with Crippen molar-refractivity contribution in [3.8, 4) is 0 Å². The number of imide groups is 1. The summed E-state index contributed by atoms with van der Waals surface area (Å²) in [4.78, 5) is 34.8. The smallest absolute Gasteiger partial charge is 0.265 e. The molecule has 2 atom stereocenters. The average Bonchev–Trinajstić information content (AvgIpc) is 3.19. The molecule has 0 aliphatic carbocycles. The molecule has 2 heterocycles. The molecule has 4 rings (SSSR count). The lowest BCUT2D eigenvalue weighted by Crippen LogP contribution is -2.45. The Morgan fingerprint density at radius 1 is 1.10 bits per heavy atom. The Morgan fingerprint density at radius 3 is 2.62 bits per heavy atom. The molecule has 0 bridgehead atoms. The summed E-state index contributed by atoms with van der Waals surface area (Å²) in [5, 5.41) is 0. The highest BCUT2D eigenvalue weighted by Crippen LogP contribution is 2.32. The zero-order valence-electron chi connectivity index (χ0n) is 17.0. The molecule has 0 spiro atoms. The zero-order valence-corrected chi connectivity index (χ0v) is 17.0. The first-order valence-electron chi connectivity index (χ1n) is 10.4. The zero-order chi connectivity index (χ0) is 20.4. The van der Waals surface area contributed by atoms with Gasteiger partial charge in [0.05, 0.1) is 18.2 Å². The Labute approximate surface area is 172 Å². The Hall–Kier alpha value is -2.79. The second-order valence-corrected chi connectivity index (χ2v) is 7.82. The van der Waals surface area contributed by atoms with Gasteiger partial charge < -0.3 is 0 Å². The molecule has 0 aromatic heterocycles. The number of hydrogen-bond acceptors (Lipinski definition) is 4. The number of anilines is 1. The molecule has 0 saturated carbocycles. The van der Waals surface area contributed by atoms with Crippen LogP contribution in [-0.4, -0.2) is 48.6 Å². The monoisotopic (exact) mass is 389 g/mol. The summed E-state index contributed by atoms with van der Waals surface area (Å²) in [6.07, 6.45) is 4.10. The number of hydrogen-bond donors (Lipinski definition) is 0. The van der Waals surface area contributed by atoms with Crippen LogP contribution in [0.25, 0.3) is 0 Å². The molecule has 1 fully saturated rings. The standard InChI is InChI=1S/C24H27N3O2/c1-3-26-14-6-7-19(26)15-25-16-22-20-8-4-5-9-21(20)23(28)27(24(22)29)18-12-10-17(2)11-13-18/h4-5,8-13,16,19,22H,3,6-7,14-15H2,1-2H3/t19-,22?/m1/s1. The molecular formula is C24H27N3O2. The minimum absolute atomic E-state index is 0.236. The van der Waals surface area contributed by atoms with Gasteiger partial charge in [-0.05, 0) is 56.6 Å². The normalized spacial score (nSPS) is 22.5. The fourth-order valence-corrected chi connectivity index (χ4v) is 4.34. The second-order valence-electron chi connectivity index (χ2n) is 7.82. The van der Waals surface area contributed by atoms with Crippen LogP contribution < -0.4 is 4.90 Å². The fraction of sp³-hybridized carbons (Fsp3) is 0.375. The molecule has 0 N–H and O–H groups in total. The van der Waals surface area contributed by atoms with Gasteiger partial charge in [0.1, 0.15) is 0 Å². The van der Waals surface area contributed by atoms with Gasteiger partial charge >= 0.3 is 0 Å². The number of fused-ring (bicyclic) bond motifs is 1. The number of carbonyl (C=O) groups excluding carboxylic acids is 2. The van der Waals surface area contributed by atoms with Gasteiger partial charge in [0.25, 0.3) is 5.91 Å². The molecule has 2 aliphatic rings. The molecule has 1 saturated heterocycles. The lowest BCUT2D eigenvalue weighted by molar-refractivity contribution is -0.118. The molecule has 0 radical (unpaired) electrons. The van der Waals surface area contributed by atoms with Gasteiger partial charge in [-0.15, -0.1) is 0 Å². The van der Waals surface area contributed by atoms with Crippen LogP contribution in [0.15, 0.2) is 53.5 Å². The molecule has 1 unspecified atom stereocenters. The lowest BCUT2D eigenvalue weighted by Gasteiger charge is -2.31. The molecule has 2 aliphatic heterocycles. The fourth-order valence-electron chi connectivity index (χ4n) is 4.34. The minimum atomic E-state index is -0.540. The van der Waals surface area contributed by atoms with Crippen molar-refractivity contribution < 1.29 is 9.59 Å². The summed E-state index contributed by atoms with van der Waals surface area (Å²) in [6, 6.07) is 15.3. The summed E-state index contributed by atoms with van der Waals surface area (Å²) in [5.74, 6) is -1.05. The van der Waals surface area contributed by atoms with Crippen molar-refractivity contribution in [2.24, 2.45) is 4.99 Å². The Bertz CT molecular complexity index is 935. The molecule has 2 aromatic carbocycles. The van der Waals surface area contributed by atoms with Crippen molar-refractivity contribution in [1.82, 2.24) is 4.90 Å². The van der Waals surface area contributed by atoms with Crippen LogP contribution in [0, 0.1) is 6.92 Å². The van der Waals surface area contributed by atoms with Gasteiger partial charge in [0.2, 0.25) is 5.91 Å². The van der Waals surface area contributed by atoms with E-state index in [1.165, 1.54) is 11.3 Å². The van der Waals surface area contributed by atoms with Crippen molar-refractivity contribution in [2.45, 2.75) is 38.6 Å². The van der Waals surface area contributed by atoms with Crippen LogP contribution in [0.3, 0.4) is 0 Å². The highest BCUT2D eigenvalue weighted by Gasteiger charge is 2.38. The highest BCUT2D eigenvalue weighted by molar-refractivity contribution is 6.29. The SMILES string of the molecule is CCN1CCC[C@@H]1CN=CC1C(=O)N(c2ccc(C)cc2)C(=O)c2ccccc21. The first kappa shape index (κ1) is 19.5. The topological polar surface area (TPSA) is 53.0 Å². The first-order chi connectivity index (χ1) is 14.1. The summed E-state index contributed by atoms with van der Waals surface area (Å²) >= 11 is 0. The van der Waals surface area contributed by atoms with Gasteiger partial charge in [-0.25, -0.2) is 4.90 Å². The van der Waals surface area contributed by atoms with E-state index >= 15 is 0 Å². The number of benzene rings is 2. The Kier molecular flexibility index (Phi) is 5.58.